The molecular formula is C24H30ClN3O3S. The highest BCUT2D eigenvalue weighted by Crippen LogP contribution is 2.23. The van der Waals surface area contributed by atoms with Gasteiger partial charge in [-0.3, -0.25) is 9.59 Å². The van der Waals surface area contributed by atoms with Crippen LogP contribution < -0.4 is 10.2 Å². The van der Waals surface area contributed by atoms with Crippen molar-refractivity contribution < 1.29 is 14.3 Å². The second-order valence-corrected chi connectivity index (χ2v) is 9.10. The molecule has 2 aromatic carbocycles. The number of nitrogens with zero attached hydrogens (tertiary/aromatic N) is 2. The van der Waals surface area contributed by atoms with Gasteiger partial charge in [0, 0.05) is 32.4 Å². The SMILES string of the molecule is CSCCC(NC(=O)c1ccccc1Cl)C(=O)N(C)Cc1ccccc1N1CCOCC1. The summed E-state index contributed by atoms with van der Waals surface area (Å²) in [7, 11) is 1.78. The minimum absolute atomic E-state index is 0.115. The Labute approximate surface area is 199 Å². The van der Waals surface area contributed by atoms with Crippen molar-refractivity contribution in [2.75, 3.05) is 50.3 Å². The largest absolute Gasteiger partial charge is 0.378 e. The van der Waals surface area contributed by atoms with E-state index in [1.54, 1.807) is 48.0 Å². The lowest BCUT2D eigenvalue weighted by atomic mass is 10.1. The number of morpholine rings is 1. The standard InChI is InChI=1S/C24H30ClN3O3S/c1-27(17-18-7-3-6-10-22(18)28-12-14-31-15-13-28)24(30)21(11-16-32-2)26-23(29)19-8-4-5-9-20(19)25/h3-10,21H,11-17H2,1-2H3,(H,26,29). The van der Waals surface area contributed by atoms with Crippen molar-refractivity contribution >= 4 is 40.9 Å². The second kappa shape index (κ2) is 12.1. The minimum atomic E-state index is -0.619. The zero-order chi connectivity index (χ0) is 22.9. The quantitative estimate of drug-likeness (QED) is 0.599. The van der Waals surface area contributed by atoms with Crippen LogP contribution in [0.15, 0.2) is 48.5 Å². The van der Waals surface area contributed by atoms with Gasteiger partial charge < -0.3 is 19.9 Å². The van der Waals surface area contributed by atoms with Crippen LogP contribution in [0.25, 0.3) is 0 Å². The van der Waals surface area contributed by atoms with Gasteiger partial charge in [0.25, 0.3) is 5.91 Å². The Bertz CT molecular complexity index is 921. The number of carbonyl (C=O) groups is 2. The Morgan fingerprint density at radius 1 is 1.16 bits per heavy atom. The van der Waals surface area contributed by atoms with Gasteiger partial charge in [-0.05, 0) is 42.2 Å². The van der Waals surface area contributed by atoms with Crippen LogP contribution in [0.1, 0.15) is 22.3 Å². The number of amides is 2. The Balaban J connectivity index is 1.72. The first-order valence-electron chi connectivity index (χ1n) is 10.7. The fourth-order valence-corrected chi connectivity index (χ4v) is 4.42. The van der Waals surface area contributed by atoms with Gasteiger partial charge in [0.1, 0.15) is 6.04 Å². The van der Waals surface area contributed by atoms with Crippen molar-refractivity contribution in [1.82, 2.24) is 10.2 Å². The van der Waals surface area contributed by atoms with Gasteiger partial charge in [0.15, 0.2) is 0 Å². The lowest BCUT2D eigenvalue weighted by molar-refractivity contribution is -0.132. The molecule has 0 spiro atoms. The zero-order valence-corrected chi connectivity index (χ0v) is 20.1. The number of halogens is 1. The van der Waals surface area contributed by atoms with Crippen molar-refractivity contribution in [3.63, 3.8) is 0 Å². The molecule has 0 aliphatic carbocycles. The Hall–Kier alpha value is -2.22. The molecule has 2 aromatic rings. The van der Waals surface area contributed by atoms with Crippen LogP contribution in [0.3, 0.4) is 0 Å². The smallest absolute Gasteiger partial charge is 0.253 e. The molecular weight excluding hydrogens is 446 g/mol. The first kappa shape index (κ1) is 24.4. The molecule has 2 amide bonds. The van der Waals surface area contributed by atoms with Gasteiger partial charge in [0.2, 0.25) is 5.91 Å². The Morgan fingerprint density at radius 3 is 2.56 bits per heavy atom. The number of anilines is 1. The van der Waals surface area contributed by atoms with E-state index >= 15 is 0 Å². The highest BCUT2D eigenvalue weighted by molar-refractivity contribution is 7.98. The summed E-state index contributed by atoms with van der Waals surface area (Å²) in [5, 5.41) is 3.27. The van der Waals surface area contributed by atoms with E-state index in [1.807, 2.05) is 24.5 Å². The van der Waals surface area contributed by atoms with E-state index in [9.17, 15) is 9.59 Å². The Kier molecular flexibility index (Phi) is 9.26. The maximum Gasteiger partial charge on any atom is 0.253 e. The fourth-order valence-electron chi connectivity index (χ4n) is 3.73. The number of ether oxygens (including phenoxy) is 1. The highest BCUT2D eigenvalue weighted by atomic mass is 35.5. The molecule has 1 saturated heterocycles. The summed E-state index contributed by atoms with van der Waals surface area (Å²) in [4.78, 5) is 30.1. The molecule has 0 bridgehead atoms. The third-order valence-electron chi connectivity index (χ3n) is 5.46. The van der Waals surface area contributed by atoms with Crippen LogP contribution in [0.2, 0.25) is 5.02 Å². The fraction of sp³-hybridized carbons (Fsp3) is 0.417. The first-order chi connectivity index (χ1) is 15.5. The summed E-state index contributed by atoms with van der Waals surface area (Å²) < 4.78 is 5.47. The number of hydrogen-bond acceptors (Lipinski definition) is 5. The molecule has 1 atom stereocenters. The van der Waals surface area contributed by atoms with Crippen LogP contribution in [-0.4, -0.2) is 68.1 Å². The van der Waals surface area contributed by atoms with Crippen LogP contribution in [-0.2, 0) is 16.1 Å². The molecule has 0 aromatic heterocycles. The van der Waals surface area contributed by atoms with Gasteiger partial charge in [0.05, 0.1) is 23.8 Å². The van der Waals surface area contributed by atoms with E-state index < -0.39 is 6.04 Å². The van der Waals surface area contributed by atoms with Crippen LogP contribution >= 0.6 is 23.4 Å². The normalized spacial score (nSPS) is 14.7. The molecule has 1 aliphatic rings. The predicted octanol–water partition coefficient (Wildman–Crippen LogP) is 3.69. The van der Waals surface area contributed by atoms with E-state index in [-0.39, 0.29) is 11.8 Å². The third-order valence-corrected chi connectivity index (χ3v) is 6.43. The van der Waals surface area contributed by atoms with Gasteiger partial charge in [-0.1, -0.05) is 41.9 Å². The van der Waals surface area contributed by atoms with Crippen molar-refractivity contribution in [3.8, 4) is 0 Å². The van der Waals surface area contributed by atoms with Crippen LogP contribution in [0, 0.1) is 0 Å². The van der Waals surface area contributed by atoms with E-state index in [2.05, 4.69) is 16.3 Å². The maximum absolute atomic E-state index is 13.3. The number of carbonyl (C=O) groups excluding carboxylic acids is 2. The summed E-state index contributed by atoms with van der Waals surface area (Å²) >= 11 is 7.82. The molecule has 1 N–H and O–H groups in total. The number of thioether (sulfide) groups is 1. The number of para-hydroxylation sites is 1. The maximum atomic E-state index is 13.3. The highest BCUT2D eigenvalue weighted by Gasteiger charge is 2.26. The van der Waals surface area contributed by atoms with Crippen molar-refractivity contribution in [3.05, 3.63) is 64.7 Å². The number of nitrogens with one attached hydrogen (secondary N) is 1. The van der Waals surface area contributed by atoms with Crippen LogP contribution in [0.5, 0.6) is 0 Å². The number of benzene rings is 2. The minimum Gasteiger partial charge on any atom is -0.378 e. The van der Waals surface area contributed by atoms with Gasteiger partial charge >= 0.3 is 0 Å². The molecule has 1 unspecified atom stereocenters. The molecule has 172 valence electrons. The monoisotopic (exact) mass is 475 g/mol. The topological polar surface area (TPSA) is 61.9 Å². The average Bonchev–Trinajstić information content (AvgIpc) is 2.82. The lowest BCUT2D eigenvalue weighted by Crippen LogP contribution is -2.47. The van der Waals surface area contributed by atoms with E-state index in [1.165, 1.54) is 0 Å². The molecule has 8 heteroatoms. The third kappa shape index (κ3) is 6.40. The molecule has 0 radical (unpaired) electrons. The molecule has 1 aliphatic heterocycles. The van der Waals surface area contributed by atoms with Crippen LogP contribution in [0.4, 0.5) is 5.69 Å². The predicted molar refractivity (Wildman–Crippen MR) is 132 cm³/mol. The van der Waals surface area contributed by atoms with Crippen molar-refractivity contribution in [1.29, 1.82) is 0 Å². The number of likely N-dealkylation sites (N-methyl/N-ethyl adjacent to an activating group) is 1. The molecule has 32 heavy (non-hydrogen) atoms. The number of hydrogen-bond donors (Lipinski definition) is 1. The van der Waals surface area contributed by atoms with Gasteiger partial charge in [-0.25, -0.2) is 0 Å². The summed E-state index contributed by atoms with van der Waals surface area (Å²) in [6.45, 7) is 3.53. The van der Waals surface area contributed by atoms with E-state index in [0.29, 0.717) is 36.8 Å². The summed E-state index contributed by atoms with van der Waals surface area (Å²) in [5.74, 6) is 0.311. The average molecular weight is 476 g/mol. The van der Waals surface area contributed by atoms with E-state index in [0.717, 1.165) is 30.1 Å². The van der Waals surface area contributed by atoms with Crippen molar-refractivity contribution in [2.45, 2.75) is 19.0 Å². The van der Waals surface area contributed by atoms with Gasteiger partial charge in [-0.15, -0.1) is 0 Å². The molecule has 1 fully saturated rings. The molecule has 3 rings (SSSR count). The van der Waals surface area contributed by atoms with Crippen molar-refractivity contribution in [2.24, 2.45) is 0 Å². The summed E-state index contributed by atoms with van der Waals surface area (Å²) in [5.41, 5.74) is 2.57. The van der Waals surface area contributed by atoms with Gasteiger partial charge in [-0.2, -0.15) is 11.8 Å². The molecule has 6 nitrogen and oxygen atoms in total. The number of rotatable bonds is 9. The zero-order valence-electron chi connectivity index (χ0n) is 18.6. The van der Waals surface area contributed by atoms with E-state index in [4.69, 9.17) is 16.3 Å². The molecule has 0 saturated carbocycles. The first-order valence-corrected chi connectivity index (χ1v) is 12.5. The lowest BCUT2D eigenvalue weighted by Gasteiger charge is -2.32. The second-order valence-electron chi connectivity index (χ2n) is 7.71. The molecule has 1 heterocycles. The summed E-state index contributed by atoms with van der Waals surface area (Å²) in [6.07, 6.45) is 2.53. The Morgan fingerprint density at radius 2 is 1.84 bits per heavy atom. The summed E-state index contributed by atoms with van der Waals surface area (Å²) in [6, 6.07) is 14.4.